The normalized spacial score (nSPS) is 12.0. The van der Waals surface area contributed by atoms with E-state index in [1.165, 1.54) is 5.56 Å². The van der Waals surface area contributed by atoms with Gasteiger partial charge in [-0.05, 0) is 46.8 Å². The third kappa shape index (κ3) is 4.76. The van der Waals surface area contributed by atoms with Gasteiger partial charge >= 0.3 is 0 Å². The van der Waals surface area contributed by atoms with Gasteiger partial charge in [-0.25, -0.2) is 0 Å². The smallest absolute Gasteiger partial charge is 0.0715 e. The Kier molecular flexibility index (Phi) is 3.91. The summed E-state index contributed by atoms with van der Waals surface area (Å²) in [4.78, 5) is 0. The molecule has 0 aromatic carbocycles. The molecule has 0 aliphatic heterocycles. The molecule has 4 heteroatoms. The Labute approximate surface area is 91.1 Å². The molecule has 0 saturated heterocycles. The summed E-state index contributed by atoms with van der Waals surface area (Å²) in [6, 6.07) is 2.09. The zero-order valence-electron chi connectivity index (χ0n) is 7.80. The molecule has 0 aliphatic rings. The fourth-order valence-electron chi connectivity index (χ4n) is 0.951. The summed E-state index contributed by atoms with van der Waals surface area (Å²) in [5, 5.41) is 14.7. The minimum atomic E-state index is -0.632. The lowest BCUT2D eigenvalue weighted by atomic mass is 10.1. The van der Waals surface area contributed by atoms with Gasteiger partial charge in [-0.2, -0.15) is 0 Å². The number of hydrogen-bond donors (Lipinski definition) is 2. The highest BCUT2D eigenvalue weighted by atomic mass is 79.9. The lowest BCUT2D eigenvalue weighted by Gasteiger charge is -2.17. The molecule has 0 aliphatic carbocycles. The van der Waals surface area contributed by atoms with Gasteiger partial charge in [-0.15, -0.1) is 11.3 Å². The fourth-order valence-corrected chi connectivity index (χ4v) is 2.16. The maximum Gasteiger partial charge on any atom is 0.0715 e. The molecule has 1 aromatic heterocycles. The van der Waals surface area contributed by atoms with Gasteiger partial charge < -0.3 is 10.4 Å². The summed E-state index contributed by atoms with van der Waals surface area (Å²) < 4.78 is 1.15. The highest BCUT2D eigenvalue weighted by Crippen LogP contribution is 2.20. The maximum atomic E-state index is 9.43. The van der Waals surface area contributed by atoms with Gasteiger partial charge in [0.2, 0.25) is 0 Å². The Bertz CT molecular complexity index is 267. The zero-order chi connectivity index (χ0) is 9.90. The fraction of sp³-hybridized carbons (Fsp3) is 0.556. The number of rotatable bonds is 4. The Balaban J connectivity index is 2.28. The van der Waals surface area contributed by atoms with E-state index < -0.39 is 5.60 Å². The molecule has 0 atom stereocenters. The molecule has 0 spiro atoms. The minimum Gasteiger partial charge on any atom is -0.389 e. The summed E-state index contributed by atoms with van der Waals surface area (Å²) in [7, 11) is 0. The third-order valence-electron chi connectivity index (χ3n) is 1.51. The second-order valence-corrected chi connectivity index (χ2v) is 5.97. The van der Waals surface area contributed by atoms with E-state index in [9.17, 15) is 5.11 Å². The molecule has 0 bridgehead atoms. The van der Waals surface area contributed by atoms with Crippen molar-refractivity contribution >= 4 is 27.3 Å². The maximum absolute atomic E-state index is 9.43. The molecule has 0 amide bonds. The Hall–Kier alpha value is 0.100. The number of thiophene rings is 1. The van der Waals surface area contributed by atoms with Crippen LogP contribution in [0.5, 0.6) is 0 Å². The third-order valence-corrected chi connectivity index (χ3v) is 3.06. The van der Waals surface area contributed by atoms with Crippen molar-refractivity contribution in [2.45, 2.75) is 26.0 Å². The van der Waals surface area contributed by atoms with E-state index in [2.05, 4.69) is 32.7 Å². The molecule has 0 radical (unpaired) electrons. The molecule has 0 fully saturated rings. The first-order valence-corrected chi connectivity index (χ1v) is 5.81. The molecule has 1 heterocycles. The lowest BCUT2D eigenvalue weighted by molar-refractivity contribution is 0.0795. The topological polar surface area (TPSA) is 32.3 Å². The second kappa shape index (κ2) is 4.55. The Morgan fingerprint density at radius 2 is 2.31 bits per heavy atom. The van der Waals surface area contributed by atoms with Crippen molar-refractivity contribution in [3.05, 3.63) is 20.8 Å². The van der Waals surface area contributed by atoms with Crippen LogP contribution in [0.25, 0.3) is 0 Å². The van der Waals surface area contributed by atoms with Crippen molar-refractivity contribution < 1.29 is 5.11 Å². The van der Waals surface area contributed by atoms with Gasteiger partial charge in [-0.3, -0.25) is 0 Å². The zero-order valence-corrected chi connectivity index (χ0v) is 10.2. The second-order valence-electron chi connectivity index (χ2n) is 3.68. The van der Waals surface area contributed by atoms with Crippen molar-refractivity contribution in [2.75, 3.05) is 6.54 Å². The van der Waals surface area contributed by atoms with Crippen LogP contribution < -0.4 is 5.32 Å². The van der Waals surface area contributed by atoms with E-state index in [4.69, 9.17) is 0 Å². The van der Waals surface area contributed by atoms with Gasteiger partial charge in [0, 0.05) is 13.1 Å². The molecule has 0 unspecified atom stereocenters. The minimum absolute atomic E-state index is 0.612. The summed E-state index contributed by atoms with van der Waals surface area (Å²) in [5.41, 5.74) is 0.619. The van der Waals surface area contributed by atoms with E-state index in [1.807, 2.05) is 0 Å². The largest absolute Gasteiger partial charge is 0.389 e. The summed E-state index contributed by atoms with van der Waals surface area (Å²) in [5.74, 6) is 0. The summed E-state index contributed by atoms with van der Waals surface area (Å²) >= 11 is 5.08. The summed E-state index contributed by atoms with van der Waals surface area (Å²) in [6.45, 7) is 5.01. The van der Waals surface area contributed by atoms with Crippen LogP contribution in [0.15, 0.2) is 15.2 Å². The van der Waals surface area contributed by atoms with Gasteiger partial charge in [0.1, 0.15) is 0 Å². The van der Waals surface area contributed by atoms with Crippen LogP contribution in [0, 0.1) is 0 Å². The highest BCUT2D eigenvalue weighted by molar-refractivity contribution is 9.11. The van der Waals surface area contributed by atoms with Crippen LogP contribution in [0.3, 0.4) is 0 Å². The first kappa shape index (κ1) is 11.2. The van der Waals surface area contributed by atoms with Crippen LogP contribution in [-0.4, -0.2) is 17.3 Å². The lowest BCUT2D eigenvalue weighted by Crippen LogP contribution is -2.34. The molecule has 1 aromatic rings. The number of aliphatic hydroxyl groups is 1. The number of nitrogens with one attached hydrogen (secondary N) is 1. The standard InChI is InChI=1S/C9H14BrNOS/c1-9(2,12)6-11-4-7-3-8(10)13-5-7/h3,5,11-12H,4,6H2,1-2H3. The molecular formula is C9H14BrNOS. The Morgan fingerprint density at radius 1 is 1.62 bits per heavy atom. The average molecular weight is 264 g/mol. The van der Waals surface area contributed by atoms with Crippen molar-refractivity contribution in [1.29, 1.82) is 0 Å². The molecule has 13 heavy (non-hydrogen) atoms. The van der Waals surface area contributed by atoms with Crippen molar-refractivity contribution in [3.8, 4) is 0 Å². The monoisotopic (exact) mass is 263 g/mol. The van der Waals surface area contributed by atoms with Crippen LogP contribution in [0.4, 0.5) is 0 Å². The molecule has 1 rings (SSSR count). The van der Waals surface area contributed by atoms with Gasteiger partial charge in [0.25, 0.3) is 0 Å². The molecular weight excluding hydrogens is 250 g/mol. The van der Waals surface area contributed by atoms with Crippen molar-refractivity contribution in [1.82, 2.24) is 5.32 Å². The van der Waals surface area contributed by atoms with E-state index in [0.29, 0.717) is 6.54 Å². The van der Waals surface area contributed by atoms with Gasteiger partial charge in [-0.1, -0.05) is 0 Å². The molecule has 2 nitrogen and oxygen atoms in total. The van der Waals surface area contributed by atoms with Crippen LogP contribution >= 0.6 is 27.3 Å². The van der Waals surface area contributed by atoms with E-state index in [-0.39, 0.29) is 0 Å². The Morgan fingerprint density at radius 3 is 2.77 bits per heavy atom. The predicted octanol–water partition coefficient (Wildman–Crippen LogP) is 2.37. The first-order chi connectivity index (χ1) is 5.97. The predicted molar refractivity (Wildman–Crippen MR) is 60.0 cm³/mol. The van der Waals surface area contributed by atoms with E-state index >= 15 is 0 Å². The van der Waals surface area contributed by atoms with E-state index in [0.717, 1.165) is 10.3 Å². The van der Waals surface area contributed by atoms with Crippen LogP contribution in [0.2, 0.25) is 0 Å². The quantitative estimate of drug-likeness (QED) is 0.875. The number of hydrogen-bond acceptors (Lipinski definition) is 3. The van der Waals surface area contributed by atoms with Crippen LogP contribution in [-0.2, 0) is 6.54 Å². The number of halogens is 1. The highest BCUT2D eigenvalue weighted by Gasteiger charge is 2.10. The SMILES string of the molecule is CC(C)(O)CNCc1csc(Br)c1. The van der Waals surface area contributed by atoms with Crippen molar-refractivity contribution in [2.24, 2.45) is 0 Å². The average Bonchev–Trinajstić information content (AvgIpc) is 2.33. The first-order valence-electron chi connectivity index (χ1n) is 4.13. The van der Waals surface area contributed by atoms with Gasteiger partial charge in [0.05, 0.1) is 9.39 Å². The van der Waals surface area contributed by atoms with E-state index in [1.54, 1.807) is 25.2 Å². The van der Waals surface area contributed by atoms with Crippen LogP contribution in [0.1, 0.15) is 19.4 Å². The molecule has 74 valence electrons. The van der Waals surface area contributed by atoms with Gasteiger partial charge in [0.15, 0.2) is 0 Å². The molecule has 2 N–H and O–H groups in total. The molecule has 0 saturated carbocycles. The summed E-state index contributed by atoms with van der Waals surface area (Å²) in [6.07, 6.45) is 0. The van der Waals surface area contributed by atoms with Crippen molar-refractivity contribution in [3.63, 3.8) is 0 Å².